The number of aromatic nitrogens is 4. The standard InChI is InChI=1S/C22H29B2IN6S/c1-14-6-7-19-17(13-26-31(19)24-25)20(14)15-4-3-5-16-18(12-15)27-22(32-2)28-21(16)29-8-10-30(23)11-9-29/h6-7,13,15,24H,3-5,8-12,23H2,1-2H3. The van der Waals surface area contributed by atoms with Crippen molar-refractivity contribution in [2.45, 2.75) is 43.7 Å². The Morgan fingerprint density at radius 3 is 2.75 bits per heavy atom. The van der Waals surface area contributed by atoms with Gasteiger partial charge in [0.15, 0.2) is 13.1 Å². The summed E-state index contributed by atoms with van der Waals surface area (Å²) in [6, 6.07) is 4.50. The molecular weight excluding hydrogens is 529 g/mol. The average molecular weight is 558 g/mol. The van der Waals surface area contributed by atoms with Crippen LogP contribution in [0.25, 0.3) is 10.9 Å². The van der Waals surface area contributed by atoms with Crippen LogP contribution < -0.4 is 4.90 Å². The molecule has 0 saturated carbocycles. The molecular formula is C22H29B2IN6S. The Balaban J connectivity index is 1.55. The molecule has 0 spiro atoms. The molecule has 32 heavy (non-hydrogen) atoms. The lowest BCUT2D eigenvalue weighted by molar-refractivity contribution is 0.412. The van der Waals surface area contributed by atoms with E-state index in [1.54, 1.807) is 11.8 Å². The lowest BCUT2D eigenvalue weighted by Gasteiger charge is -2.35. The molecule has 3 heterocycles. The van der Waals surface area contributed by atoms with Crippen molar-refractivity contribution >= 4 is 64.1 Å². The lowest BCUT2D eigenvalue weighted by atomic mass is 9.86. The fourth-order valence-corrected chi connectivity index (χ4v) is 6.24. The summed E-state index contributed by atoms with van der Waals surface area (Å²) in [5, 5.41) is 7.75. The van der Waals surface area contributed by atoms with E-state index >= 15 is 0 Å². The van der Waals surface area contributed by atoms with Gasteiger partial charge in [-0.05, 0) is 62.0 Å². The molecule has 1 saturated heterocycles. The maximum atomic E-state index is 5.06. The molecule has 1 atom stereocenters. The van der Waals surface area contributed by atoms with Crippen LogP contribution in [0, 0.1) is 6.92 Å². The van der Waals surface area contributed by atoms with Gasteiger partial charge in [-0.3, -0.25) is 0 Å². The molecule has 1 unspecified atom stereocenters. The first-order chi connectivity index (χ1) is 15.6. The Morgan fingerprint density at radius 1 is 1.19 bits per heavy atom. The van der Waals surface area contributed by atoms with Crippen LogP contribution in [0.1, 0.15) is 41.1 Å². The lowest BCUT2D eigenvalue weighted by Crippen LogP contribution is -2.46. The highest BCUT2D eigenvalue weighted by atomic mass is 127. The quantitative estimate of drug-likeness (QED) is 0.162. The summed E-state index contributed by atoms with van der Waals surface area (Å²) in [5.74, 6) is 1.66. The number of nitrogens with zero attached hydrogens (tertiary/aromatic N) is 6. The van der Waals surface area contributed by atoms with Crippen LogP contribution in [0.2, 0.25) is 0 Å². The summed E-state index contributed by atoms with van der Waals surface area (Å²) >= 11 is 4.05. The Labute approximate surface area is 209 Å². The van der Waals surface area contributed by atoms with Gasteiger partial charge >= 0.3 is 5.27 Å². The largest absolute Gasteiger partial charge is 0.354 e. The third-order valence-electron chi connectivity index (χ3n) is 7.06. The summed E-state index contributed by atoms with van der Waals surface area (Å²) < 4.78 is 2.10. The van der Waals surface area contributed by atoms with Crippen molar-refractivity contribution in [2.24, 2.45) is 0 Å². The van der Waals surface area contributed by atoms with Crippen molar-refractivity contribution in [1.82, 2.24) is 24.5 Å². The highest BCUT2D eigenvalue weighted by Gasteiger charge is 2.28. The molecule has 3 aromatic rings. The molecule has 5 rings (SSSR count). The van der Waals surface area contributed by atoms with E-state index in [-0.39, 0.29) is 0 Å². The third-order valence-corrected chi connectivity index (χ3v) is 8.26. The summed E-state index contributed by atoms with van der Waals surface area (Å²) in [7, 11) is 2.21. The van der Waals surface area contributed by atoms with Crippen molar-refractivity contribution in [3.05, 3.63) is 40.7 Å². The number of piperazine rings is 1. The monoisotopic (exact) mass is 558 g/mol. The van der Waals surface area contributed by atoms with E-state index in [9.17, 15) is 0 Å². The molecule has 2 aliphatic rings. The molecule has 1 fully saturated rings. The van der Waals surface area contributed by atoms with Gasteiger partial charge in [-0.15, -0.1) is 22.4 Å². The first kappa shape index (κ1) is 22.5. The average Bonchev–Trinajstić information content (AvgIpc) is 3.10. The van der Waals surface area contributed by atoms with Crippen molar-refractivity contribution in [2.75, 3.05) is 37.3 Å². The van der Waals surface area contributed by atoms with Crippen molar-refractivity contribution < 1.29 is 0 Å². The van der Waals surface area contributed by atoms with Gasteiger partial charge in [-0.1, -0.05) is 17.8 Å². The van der Waals surface area contributed by atoms with Gasteiger partial charge < -0.3 is 14.3 Å². The zero-order chi connectivity index (χ0) is 22.2. The number of hydrogen-bond acceptors (Lipinski definition) is 6. The van der Waals surface area contributed by atoms with E-state index in [0.29, 0.717) is 5.92 Å². The molecule has 10 heteroatoms. The number of hydrogen-bond donors (Lipinski definition) is 0. The molecule has 1 aliphatic heterocycles. The molecule has 166 valence electrons. The molecule has 1 aliphatic carbocycles. The van der Waals surface area contributed by atoms with Crippen molar-refractivity contribution in [3.8, 4) is 0 Å². The number of halogens is 1. The second-order valence-corrected chi connectivity index (χ2v) is 10.5. The van der Waals surface area contributed by atoms with Gasteiger partial charge in [0.25, 0.3) is 0 Å². The normalized spacial score (nSPS) is 19.7. The smallest absolute Gasteiger partial charge is 0.336 e. The number of anilines is 1. The second-order valence-electron chi connectivity index (χ2n) is 9.04. The summed E-state index contributed by atoms with van der Waals surface area (Å²) in [5.41, 5.74) is 6.74. The summed E-state index contributed by atoms with van der Waals surface area (Å²) in [6.07, 6.45) is 8.59. The minimum absolute atomic E-state index is 0.469. The SMILES string of the molecule is BN1CCN(c2nc(SC)nc3c2CCCC(c2c(C)ccc4c2cnn4BI)C3)CC1. The summed E-state index contributed by atoms with van der Waals surface area (Å²) in [6.45, 7) is 6.54. The van der Waals surface area contributed by atoms with Gasteiger partial charge in [0.1, 0.15) is 5.82 Å². The van der Waals surface area contributed by atoms with Crippen LogP contribution in [0.5, 0.6) is 0 Å². The highest BCUT2D eigenvalue weighted by Crippen LogP contribution is 2.39. The molecule has 2 aromatic heterocycles. The minimum Gasteiger partial charge on any atom is -0.354 e. The van der Waals surface area contributed by atoms with Gasteiger partial charge in [-0.2, -0.15) is 5.10 Å². The van der Waals surface area contributed by atoms with Crippen molar-refractivity contribution in [3.63, 3.8) is 0 Å². The first-order valence-corrected chi connectivity index (χ1v) is 14.2. The number of fused-ring (bicyclic) bond motifs is 2. The van der Waals surface area contributed by atoms with Crippen LogP contribution in [0.3, 0.4) is 0 Å². The molecule has 0 bridgehead atoms. The number of aryl methyl sites for hydroxylation is 1. The van der Waals surface area contributed by atoms with Crippen LogP contribution in [-0.4, -0.2) is 70.2 Å². The number of benzene rings is 1. The van der Waals surface area contributed by atoms with Crippen LogP contribution in [-0.2, 0) is 12.8 Å². The predicted octanol–water partition coefficient (Wildman–Crippen LogP) is 2.74. The maximum absolute atomic E-state index is 5.06. The van der Waals surface area contributed by atoms with E-state index in [1.165, 1.54) is 51.9 Å². The van der Waals surface area contributed by atoms with Crippen molar-refractivity contribution in [1.29, 1.82) is 0 Å². The number of thioether (sulfide) groups is 1. The minimum atomic E-state index is 0.469. The van der Waals surface area contributed by atoms with Gasteiger partial charge in [0.05, 0.1) is 17.4 Å². The second kappa shape index (κ2) is 9.54. The Kier molecular flexibility index (Phi) is 6.72. The fraction of sp³-hybridized carbons (Fsp3) is 0.500. The summed E-state index contributed by atoms with van der Waals surface area (Å²) in [4.78, 5) is 15.0. The van der Waals surface area contributed by atoms with Gasteiger partial charge in [0, 0.05) is 37.1 Å². The zero-order valence-corrected chi connectivity index (χ0v) is 22.1. The van der Waals surface area contributed by atoms with Gasteiger partial charge in [0.2, 0.25) is 0 Å². The zero-order valence-electron chi connectivity index (χ0n) is 19.1. The molecule has 6 nitrogen and oxygen atoms in total. The van der Waals surface area contributed by atoms with E-state index in [0.717, 1.165) is 49.4 Å². The molecule has 0 radical (unpaired) electrons. The van der Waals surface area contributed by atoms with E-state index in [4.69, 9.17) is 9.97 Å². The number of rotatable bonds is 4. The van der Waals surface area contributed by atoms with E-state index < -0.39 is 0 Å². The van der Waals surface area contributed by atoms with Gasteiger partial charge in [-0.25, -0.2) is 9.97 Å². The Bertz CT molecular complexity index is 1130. The van der Waals surface area contributed by atoms with E-state index in [2.05, 4.69) is 81.3 Å². The van der Waals surface area contributed by atoms with Crippen LogP contribution in [0.15, 0.2) is 23.5 Å². The maximum Gasteiger partial charge on any atom is 0.336 e. The molecule has 0 N–H and O–H groups in total. The molecule has 1 aromatic carbocycles. The Morgan fingerprint density at radius 2 is 2.00 bits per heavy atom. The highest BCUT2D eigenvalue weighted by molar-refractivity contribution is 14.1. The van der Waals surface area contributed by atoms with Crippen LogP contribution >= 0.6 is 34.1 Å². The fourth-order valence-electron chi connectivity index (χ4n) is 5.32. The molecule has 0 amide bonds. The van der Waals surface area contributed by atoms with E-state index in [1.807, 2.05) is 0 Å². The topological polar surface area (TPSA) is 50.1 Å². The first-order valence-electron chi connectivity index (χ1n) is 11.5. The third kappa shape index (κ3) is 4.18. The van der Waals surface area contributed by atoms with Crippen LogP contribution in [0.4, 0.5) is 5.82 Å². The Hall–Kier alpha value is -1.26. The predicted molar refractivity (Wildman–Crippen MR) is 147 cm³/mol.